The van der Waals surface area contributed by atoms with Gasteiger partial charge in [0.05, 0.1) is 6.61 Å². The molecule has 0 amide bonds. The van der Waals surface area contributed by atoms with Gasteiger partial charge in [0, 0.05) is 33.7 Å². The van der Waals surface area contributed by atoms with Gasteiger partial charge in [-0.3, -0.25) is 4.79 Å². The fourth-order valence-corrected chi connectivity index (χ4v) is 2.83. The Morgan fingerprint density at radius 1 is 1.53 bits per heavy atom. The third-order valence-corrected chi connectivity index (χ3v) is 4.46. The van der Waals surface area contributed by atoms with Crippen LogP contribution in [-0.4, -0.2) is 69.4 Å². The topological polar surface area (TPSA) is 79.0 Å². The lowest BCUT2D eigenvalue weighted by atomic mass is 10.2. The van der Waals surface area contributed by atoms with E-state index in [-0.39, 0.29) is 19.7 Å². The number of nitrogens with one attached hydrogen (secondary N) is 1. The Kier molecular flexibility index (Phi) is 4.87. The molecule has 1 saturated heterocycles. The van der Waals surface area contributed by atoms with E-state index in [1.807, 2.05) is 0 Å². The van der Waals surface area contributed by atoms with Gasteiger partial charge in [0.1, 0.15) is 6.04 Å². The summed E-state index contributed by atoms with van der Waals surface area (Å²) in [5, 5.41) is 2.99. The quantitative estimate of drug-likeness (QED) is 0.635. The predicted molar refractivity (Wildman–Crippen MR) is 62.6 cm³/mol. The van der Waals surface area contributed by atoms with Gasteiger partial charge in [0.15, 0.2) is 0 Å². The van der Waals surface area contributed by atoms with Gasteiger partial charge in [-0.15, -0.1) is 0 Å². The third kappa shape index (κ3) is 3.15. The van der Waals surface area contributed by atoms with E-state index in [0.29, 0.717) is 6.54 Å². The average molecular weight is 265 g/mol. The van der Waals surface area contributed by atoms with Crippen molar-refractivity contribution in [3.8, 4) is 0 Å². The van der Waals surface area contributed by atoms with Gasteiger partial charge >= 0.3 is 5.97 Å². The Morgan fingerprint density at radius 3 is 2.71 bits per heavy atom. The van der Waals surface area contributed by atoms with Crippen LogP contribution in [0, 0.1) is 0 Å². The number of carbonyl (C=O) groups is 1. The smallest absolute Gasteiger partial charge is 0.325 e. The number of esters is 1. The van der Waals surface area contributed by atoms with Crippen LogP contribution in [-0.2, 0) is 19.7 Å². The number of piperazine rings is 1. The summed E-state index contributed by atoms with van der Waals surface area (Å²) < 4.78 is 31.2. The van der Waals surface area contributed by atoms with Crippen molar-refractivity contribution in [1.82, 2.24) is 13.9 Å². The fourth-order valence-electron chi connectivity index (χ4n) is 1.61. The van der Waals surface area contributed by atoms with Crippen molar-refractivity contribution in [1.29, 1.82) is 0 Å². The highest BCUT2D eigenvalue weighted by Gasteiger charge is 2.38. The molecule has 0 saturated carbocycles. The molecular formula is C9H19N3O4S. The van der Waals surface area contributed by atoms with Gasteiger partial charge in [-0.05, 0) is 6.92 Å². The van der Waals surface area contributed by atoms with Crippen molar-refractivity contribution in [2.75, 3.05) is 40.3 Å². The van der Waals surface area contributed by atoms with Crippen LogP contribution in [0.15, 0.2) is 0 Å². The number of nitrogens with zero attached hydrogens (tertiary/aromatic N) is 2. The van der Waals surface area contributed by atoms with E-state index in [2.05, 4.69) is 5.32 Å². The number of hydrogen-bond acceptors (Lipinski definition) is 5. The second-order valence-electron chi connectivity index (χ2n) is 3.87. The first-order valence-electron chi connectivity index (χ1n) is 5.48. The maximum Gasteiger partial charge on any atom is 0.325 e. The summed E-state index contributed by atoms with van der Waals surface area (Å²) in [6, 6.07) is -0.781. The first kappa shape index (κ1) is 14.4. The van der Waals surface area contributed by atoms with Gasteiger partial charge in [-0.2, -0.15) is 17.0 Å². The fraction of sp³-hybridized carbons (Fsp3) is 0.889. The monoisotopic (exact) mass is 265 g/mol. The van der Waals surface area contributed by atoms with Gasteiger partial charge < -0.3 is 10.1 Å². The van der Waals surface area contributed by atoms with Crippen LogP contribution in [0.4, 0.5) is 0 Å². The van der Waals surface area contributed by atoms with Crippen LogP contribution in [0.3, 0.4) is 0 Å². The summed E-state index contributed by atoms with van der Waals surface area (Å²) in [6.45, 7) is 3.02. The lowest BCUT2D eigenvalue weighted by Crippen LogP contribution is -2.59. The van der Waals surface area contributed by atoms with E-state index < -0.39 is 22.2 Å². The van der Waals surface area contributed by atoms with Gasteiger partial charge in [0.25, 0.3) is 10.2 Å². The summed E-state index contributed by atoms with van der Waals surface area (Å²) in [6.07, 6.45) is 0. The molecule has 1 fully saturated rings. The van der Waals surface area contributed by atoms with E-state index in [1.165, 1.54) is 18.4 Å². The molecule has 17 heavy (non-hydrogen) atoms. The molecule has 1 aliphatic rings. The number of carbonyl (C=O) groups excluding carboxylic acids is 1. The third-order valence-electron chi connectivity index (χ3n) is 2.51. The molecule has 1 rings (SSSR count). The molecule has 1 atom stereocenters. The second-order valence-corrected chi connectivity index (χ2v) is 5.97. The van der Waals surface area contributed by atoms with Crippen LogP contribution in [0.25, 0.3) is 0 Å². The standard InChI is InChI=1S/C9H19N3O4S/c1-4-16-9(13)8-7-10-5-6-12(8)17(14,15)11(2)3/h8,10H,4-7H2,1-3H3. The highest BCUT2D eigenvalue weighted by atomic mass is 32.2. The normalized spacial score (nSPS) is 22.7. The minimum Gasteiger partial charge on any atom is -0.465 e. The highest BCUT2D eigenvalue weighted by molar-refractivity contribution is 7.86. The maximum absolute atomic E-state index is 12.0. The van der Waals surface area contributed by atoms with Crippen molar-refractivity contribution < 1.29 is 17.9 Å². The minimum absolute atomic E-state index is 0.241. The van der Waals surface area contributed by atoms with E-state index >= 15 is 0 Å². The molecule has 7 nitrogen and oxygen atoms in total. The molecule has 0 spiro atoms. The van der Waals surface area contributed by atoms with Gasteiger partial charge in [0.2, 0.25) is 0 Å². The number of ether oxygens (including phenoxy) is 1. The Morgan fingerprint density at radius 2 is 2.18 bits per heavy atom. The van der Waals surface area contributed by atoms with Crippen LogP contribution >= 0.6 is 0 Å². The van der Waals surface area contributed by atoms with Crippen molar-refractivity contribution in [2.45, 2.75) is 13.0 Å². The Bertz CT molecular complexity index is 368. The molecule has 0 aromatic carbocycles. The second kappa shape index (κ2) is 5.76. The zero-order valence-corrected chi connectivity index (χ0v) is 11.2. The zero-order chi connectivity index (χ0) is 13.1. The Balaban J connectivity index is 2.90. The summed E-state index contributed by atoms with van der Waals surface area (Å²) in [5.74, 6) is -0.509. The van der Waals surface area contributed by atoms with Crippen molar-refractivity contribution in [3.05, 3.63) is 0 Å². The lowest BCUT2D eigenvalue weighted by Gasteiger charge is -2.34. The highest BCUT2D eigenvalue weighted by Crippen LogP contribution is 2.13. The Hall–Kier alpha value is -0.700. The van der Waals surface area contributed by atoms with E-state index in [9.17, 15) is 13.2 Å². The maximum atomic E-state index is 12.0. The largest absolute Gasteiger partial charge is 0.465 e. The van der Waals surface area contributed by atoms with E-state index in [1.54, 1.807) is 6.92 Å². The molecule has 1 heterocycles. The first-order chi connectivity index (χ1) is 7.91. The summed E-state index contributed by atoms with van der Waals surface area (Å²) >= 11 is 0. The SMILES string of the molecule is CCOC(=O)C1CNCCN1S(=O)(=O)N(C)C. The molecule has 1 aliphatic heterocycles. The molecule has 0 radical (unpaired) electrons. The van der Waals surface area contributed by atoms with E-state index in [4.69, 9.17) is 4.74 Å². The molecule has 0 aromatic heterocycles. The number of hydrogen-bond donors (Lipinski definition) is 1. The predicted octanol–water partition coefficient (Wildman–Crippen LogP) is -1.37. The average Bonchev–Trinajstić information content (AvgIpc) is 2.29. The molecule has 1 unspecified atom stereocenters. The lowest BCUT2D eigenvalue weighted by molar-refractivity contribution is -0.148. The summed E-state index contributed by atoms with van der Waals surface area (Å²) in [4.78, 5) is 11.7. The Labute approximate surface area is 102 Å². The molecule has 1 N–H and O–H groups in total. The van der Waals surface area contributed by atoms with Crippen LogP contribution in [0.2, 0.25) is 0 Å². The van der Waals surface area contributed by atoms with Crippen molar-refractivity contribution in [3.63, 3.8) is 0 Å². The molecule has 100 valence electrons. The van der Waals surface area contributed by atoms with E-state index in [0.717, 1.165) is 4.31 Å². The van der Waals surface area contributed by atoms with Gasteiger partial charge in [-0.25, -0.2) is 0 Å². The van der Waals surface area contributed by atoms with Crippen molar-refractivity contribution in [2.24, 2.45) is 0 Å². The van der Waals surface area contributed by atoms with Crippen LogP contribution in [0.1, 0.15) is 6.92 Å². The summed E-state index contributed by atoms with van der Waals surface area (Å²) in [7, 11) is -0.699. The van der Waals surface area contributed by atoms with Crippen LogP contribution < -0.4 is 5.32 Å². The zero-order valence-electron chi connectivity index (χ0n) is 10.3. The van der Waals surface area contributed by atoms with Gasteiger partial charge in [-0.1, -0.05) is 0 Å². The first-order valence-corrected chi connectivity index (χ1v) is 6.87. The molecule has 0 aromatic rings. The number of rotatable bonds is 4. The van der Waals surface area contributed by atoms with Crippen molar-refractivity contribution >= 4 is 16.2 Å². The molecule has 0 aliphatic carbocycles. The molecule has 0 bridgehead atoms. The minimum atomic E-state index is -3.59. The van der Waals surface area contributed by atoms with Crippen LogP contribution in [0.5, 0.6) is 0 Å². The molecule has 8 heteroatoms. The molecular weight excluding hydrogens is 246 g/mol. The summed E-state index contributed by atoms with van der Waals surface area (Å²) in [5.41, 5.74) is 0.